The van der Waals surface area contributed by atoms with Gasteiger partial charge in [0.15, 0.2) is 0 Å². The van der Waals surface area contributed by atoms with Crippen molar-refractivity contribution in [3.63, 3.8) is 0 Å². The van der Waals surface area contributed by atoms with Crippen molar-refractivity contribution in [2.45, 2.75) is 232 Å². The van der Waals surface area contributed by atoms with E-state index in [1.807, 2.05) is 63.8 Å². The molecule has 8 heterocycles. The summed E-state index contributed by atoms with van der Waals surface area (Å²) in [7, 11) is 0. The van der Waals surface area contributed by atoms with Crippen molar-refractivity contribution in [3.8, 4) is 0 Å². The number of fused-ring (bicyclic) bond motifs is 8. The molecule has 5 aliphatic heterocycles. The molecule has 0 bridgehead atoms. The average Bonchev–Trinajstić information content (AvgIpc) is 1.63. The molecule has 0 spiro atoms. The minimum atomic E-state index is 0. The van der Waals surface area contributed by atoms with Crippen LogP contribution in [0.2, 0.25) is 10.0 Å². The fraction of sp³-hybridized carbons (Fsp3) is 0.451. The number of rotatable bonds is 5. The van der Waals surface area contributed by atoms with Crippen LogP contribution in [0.15, 0.2) is 137 Å². The third kappa shape index (κ3) is 20.2. The molecule has 0 saturated heterocycles. The van der Waals surface area contributed by atoms with E-state index in [9.17, 15) is 0 Å². The zero-order valence-corrected chi connectivity index (χ0v) is 72.0. The second-order valence-electron chi connectivity index (χ2n) is 31.0. The Hall–Kier alpha value is -6.26. The Morgan fingerprint density at radius 3 is 1.16 bits per heavy atom. The van der Waals surface area contributed by atoms with E-state index in [1.165, 1.54) is 61.9 Å². The minimum absolute atomic E-state index is 0. The number of nitrogens with one attached hydrogen (secondary N) is 3. The maximum Gasteiger partial charge on any atom is 0.133 e. The number of anilines is 11. The van der Waals surface area contributed by atoms with Gasteiger partial charge in [0.25, 0.3) is 0 Å². The van der Waals surface area contributed by atoms with Gasteiger partial charge in [-0.1, -0.05) is 96.8 Å². The Bertz CT molecular complexity index is 4060. The van der Waals surface area contributed by atoms with E-state index in [0.29, 0.717) is 0 Å². The van der Waals surface area contributed by atoms with Gasteiger partial charge in [-0.25, -0.2) is 14.0 Å². The minimum Gasteiger partial charge on any atom is -0.473 e. The largest absolute Gasteiger partial charge is 0.473 e. The number of aryl methyl sites for hydroxylation is 5. The smallest absolute Gasteiger partial charge is 0.133 e. The zero-order valence-electron chi connectivity index (χ0n) is 64.8. The first kappa shape index (κ1) is 83.0. The summed E-state index contributed by atoms with van der Waals surface area (Å²) in [5.41, 5.74) is 20.0. The summed E-state index contributed by atoms with van der Waals surface area (Å²) in [6.45, 7) is 54.9. The van der Waals surface area contributed by atoms with Gasteiger partial charge < -0.3 is 50.4 Å². The van der Waals surface area contributed by atoms with E-state index in [1.54, 1.807) is 6.92 Å². The Kier molecular flexibility index (Phi) is 28.3. The van der Waals surface area contributed by atoms with Crippen LogP contribution in [0.5, 0.6) is 0 Å². The molecule has 8 aromatic rings. The normalized spacial score (nSPS) is 14.7. The van der Waals surface area contributed by atoms with Crippen molar-refractivity contribution < 1.29 is 65.4 Å². The topological polar surface area (TPSA) is 130 Å². The monoisotopic (exact) mass is 1560 g/mol. The molecule has 102 heavy (non-hydrogen) atoms. The number of aromatic nitrogens is 6. The molecule has 0 saturated carbocycles. The molecule has 5 aromatic carbocycles. The van der Waals surface area contributed by atoms with Crippen LogP contribution >= 0.6 is 23.2 Å². The third-order valence-electron chi connectivity index (χ3n) is 18.2. The van der Waals surface area contributed by atoms with E-state index in [-0.39, 0.29) is 93.1 Å². The average molecular weight is 1570 g/mol. The second-order valence-corrected chi connectivity index (χ2v) is 31.9. The van der Waals surface area contributed by atoms with E-state index >= 15 is 0 Å². The molecular formula is C82H108Cl2N16Y2-4. The van der Waals surface area contributed by atoms with Crippen LogP contribution in [0.25, 0.3) is 0 Å². The van der Waals surface area contributed by atoms with Crippen LogP contribution in [0, 0.1) is 26.0 Å². The maximum absolute atomic E-state index is 6.19. The molecule has 5 aliphatic rings. The van der Waals surface area contributed by atoms with Crippen LogP contribution in [0.4, 0.5) is 63.0 Å². The van der Waals surface area contributed by atoms with Crippen LogP contribution in [-0.2, 0) is 105 Å². The molecule has 3 N–H and O–H groups in total. The first-order valence-corrected chi connectivity index (χ1v) is 36.1. The molecule has 2 radical (unpaired) electrons. The van der Waals surface area contributed by atoms with E-state index in [2.05, 4.69) is 302 Å². The van der Waals surface area contributed by atoms with Crippen LogP contribution in [0.3, 0.4) is 0 Å². The molecule has 16 nitrogen and oxygen atoms in total. The molecule has 20 heteroatoms. The molecule has 0 fully saturated rings. The number of nitrogens with zero attached hydrogens (tertiary/aromatic N) is 13. The molecule has 3 aromatic heterocycles. The predicted octanol–water partition coefficient (Wildman–Crippen LogP) is 20.6. The fourth-order valence-electron chi connectivity index (χ4n) is 13.1. The van der Waals surface area contributed by atoms with Gasteiger partial charge in [0, 0.05) is 154 Å². The molecule has 0 amide bonds. The summed E-state index contributed by atoms with van der Waals surface area (Å²) in [5, 5.41) is 25.6. The van der Waals surface area contributed by atoms with Gasteiger partial charge in [-0.2, -0.15) is 56.3 Å². The van der Waals surface area contributed by atoms with Crippen molar-refractivity contribution in [2.75, 3.05) is 53.5 Å². The van der Waals surface area contributed by atoms with Gasteiger partial charge in [0.2, 0.25) is 0 Å². The summed E-state index contributed by atoms with van der Waals surface area (Å²) in [5.74, 6) is 3.30. The summed E-state index contributed by atoms with van der Waals surface area (Å²) in [4.78, 5) is 20.7. The number of benzene rings is 5. The van der Waals surface area contributed by atoms with E-state index < -0.39 is 0 Å². The quantitative estimate of drug-likeness (QED) is 0.112. The SMILES string of the molecule is CCn1ncc2c1Nc1cc(C)ccc1N(C(C)(C)C)C2.CCn1ncc2c1Nc1cc(Cl)ccc1N(C(C)(C)C)C2.CCn1ncc2c1Nc1ccccc1N(C(C)(C)C)C2.C[C-]=NC1=[C-]c2cc(C)ccc2N(C(C)(C)C)CC1.C[C-]=NC1=[C-]c2cc(Cl)ccc2N(C(C)(C)C)CC1.[Y].[Y]. The van der Waals surface area contributed by atoms with Crippen LogP contribution in [0.1, 0.15) is 190 Å². The Labute approximate surface area is 671 Å². The van der Waals surface area contributed by atoms with Crippen molar-refractivity contribution >= 4 is 98.6 Å². The Morgan fingerprint density at radius 1 is 0.422 bits per heavy atom. The van der Waals surface area contributed by atoms with Gasteiger partial charge in [-0.05, 0) is 198 Å². The molecule has 13 rings (SSSR count). The molecule has 0 aliphatic carbocycles. The summed E-state index contributed by atoms with van der Waals surface area (Å²) < 4.78 is 6.05. The summed E-state index contributed by atoms with van der Waals surface area (Å²) in [6, 6.07) is 33.6. The first-order valence-electron chi connectivity index (χ1n) is 35.4. The maximum atomic E-state index is 6.19. The van der Waals surface area contributed by atoms with Crippen molar-refractivity contribution in [1.29, 1.82) is 0 Å². The Morgan fingerprint density at radius 2 is 0.755 bits per heavy atom. The molecule has 0 atom stereocenters. The molecule has 540 valence electrons. The van der Waals surface area contributed by atoms with Gasteiger partial charge >= 0.3 is 0 Å². The zero-order chi connectivity index (χ0) is 72.8. The summed E-state index contributed by atoms with van der Waals surface area (Å²) in [6.07, 6.45) is 20.2. The Balaban J connectivity index is 0.000000178. The molecular weight excluding hydrogens is 1460 g/mol. The van der Waals surface area contributed by atoms with Crippen molar-refractivity contribution in [3.05, 3.63) is 188 Å². The number of hydrogen-bond acceptors (Lipinski definition) is 13. The number of aliphatic imine (C=N–C) groups is 2. The van der Waals surface area contributed by atoms with E-state index in [4.69, 9.17) is 23.2 Å². The predicted molar refractivity (Wildman–Crippen MR) is 424 cm³/mol. The van der Waals surface area contributed by atoms with Gasteiger partial charge in [0.05, 0.1) is 52.7 Å². The van der Waals surface area contributed by atoms with Crippen LogP contribution in [-0.4, -0.2) is 82.6 Å². The number of hydrogen-bond donors (Lipinski definition) is 3. The van der Waals surface area contributed by atoms with Crippen LogP contribution < -0.4 is 40.4 Å². The molecule has 0 unspecified atom stereocenters. The number of halogens is 2. The van der Waals surface area contributed by atoms with Gasteiger partial charge in [-0.15, -0.1) is 25.5 Å². The first-order chi connectivity index (χ1) is 47.1. The third-order valence-corrected chi connectivity index (χ3v) is 18.7. The van der Waals surface area contributed by atoms with Gasteiger partial charge in [-0.3, -0.25) is 12.2 Å². The second kappa shape index (κ2) is 34.8. The van der Waals surface area contributed by atoms with Gasteiger partial charge in [0.1, 0.15) is 17.5 Å². The van der Waals surface area contributed by atoms with Crippen molar-refractivity contribution in [1.82, 2.24) is 29.3 Å². The van der Waals surface area contributed by atoms with E-state index in [0.717, 1.165) is 127 Å². The number of para-hydroxylation sites is 2. The summed E-state index contributed by atoms with van der Waals surface area (Å²) >= 11 is 12.3. The van der Waals surface area contributed by atoms with Crippen molar-refractivity contribution in [2.24, 2.45) is 9.98 Å². The fourth-order valence-corrected chi connectivity index (χ4v) is 13.5. The standard InChI is InChI=1S/C17H24N4.C17H22N2.C16H21ClN4.C16H19ClN2.C16H22N4.2Y/c1-6-21-16-13(10-18-21)11-20(17(3,4)5)15-8-7-12(2)9-14(15)19-16;1-6-18-15-9-10-19(17(3,4)5)16-8-7-13(2)11-14(16)12-15;1-5-21-15-11(9-18-21)10-20(16(2,3)4)14-7-6-12(17)8-13(14)19-15;1-5-18-14-8-9-19(16(2,3)4)15-7-6-13(17)10-12(15)11-14;1-5-20-15-12(10-17-20)11-19(16(2,3)4)14-9-7-6-8-13(14)18-15;;/h7-10,19H,6,11H2,1-5H3;7-8,11H,9-10H2,1-5H3;6-9,19H,5,10H2,1-4H3;6-7,10H,8-9H2,1-4H3;6-10,18H,5,11H2,1-4H3;;/q;-2;;-2;;;.